The van der Waals surface area contributed by atoms with E-state index in [0.717, 1.165) is 25.1 Å². The number of amides is 2. The lowest BCUT2D eigenvalue weighted by Gasteiger charge is -2.21. The van der Waals surface area contributed by atoms with Crippen LogP contribution in [-0.2, 0) is 4.79 Å². The number of thioether (sulfide) groups is 2. The van der Waals surface area contributed by atoms with Crippen molar-refractivity contribution >= 4 is 35.5 Å². The fraction of sp³-hybridized carbons (Fsp3) is 0.833. The van der Waals surface area contributed by atoms with Crippen LogP contribution in [-0.4, -0.2) is 52.7 Å². The van der Waals surface area contributed by atoms with Crippen molar-refractivity contribution in [2.45, 2.75) is 30.9 Å². The molecule has 0 radical (unpaired) electrons. The molecule has 0 aliphatic carbocycles. The Balaban J connectivity index is 1.91. The van der Waals surface area contributed by atoms with E-state index in [1.54, 1.807) is 0 Å². The Morgan fingerprint density at radius 2 is 2.00 bits per heavy atom. The van der Waals surface area contributed by atoms with E-state index in [2.05, 4.69) is 10.6 Å². The Morgan fingerprint density at radius 3 is 2.68 bits per heavy atom. The van der Waals surface area contributed by atoms with Crippen LogP contribution in [0.15, 0.2) is 0 Å². The molecule has 0 spiro atoms. The van der Waals surface area contributed by atoms with Crippen molar-refractivity contribution in [1.82, 2.24) is 10.6 Å². The third-order valence-electron chi connectivity index (χ3n) is 2.73. The van der Waals surface area contributed by atoms with Gasteiger partial charge >= 0.3 is 12.0 Å². The first kappa shape index (κ1) is 16.5. The van der Waals surface area contributed by atoms with Crippen LogP contribution < -0.4 is 10.6 Å². The fourth-order valence-electron chi connectivity index (χ4n) is 1.70. The number of nitrogens with one attached hydrogen (secondary N) is 2. The molecule has 110 valence electrons. The van der Waals surface area contributed by atoms with Gasteiger partial charge in [0.05, 0.1) is 0 Å². The van der Waals surface area contributed by atoms with Crippen molar-refractivity contribution in [2.24, 2.45) is 0 Å². The van der Waals surface area contributed by atoms with Crippen LogP contribution in [0.2, 0.25) is 0 Å². The largest absolute Gasteiger partial charge is 0.481 e. The van der Waals surface area contributed by atoms with Crippen molar-refractivity contribution < 1.29 is 14.7 Å². The Bertz CT molecular complexity index is 284. The van der Waals surface area contributed by atoms with Gasteiger partial charge in [-0.25, -0.2) is 4.79 Å². The van der Waals surface area contributed by atoms with Crippen molar-refractivity contribution in [3.05, 3.63) is 0 Å². The molecule has 7 heteroatoms. The van der Waals surface area contributed by atoms with Crippen LogP contribution in [0.5, 0.6) is 0 Å². The summed E-state index contributed by atoms with van der Waals surface area (Å²) < 4.78 is 0. The molecule has 0 saturated carbocycles. The average Bonchev–Trinajstić information content (AvgIpc) is 2.41. The molecule has 2 amide bonds. The Labute approximate surface area is 122 Å². The second-order valence-corrected chi connectivity index (χ2v) is 6.97. The summed E-state index contributed by atoms with van der Waals surface area (Å²) in [6, 6.07) is -0.116. The topological polar surface area (TPSA) is 78.4 Å². The highest BCUT2D eigenvalue weighted by molar-refractivity contribution is 8.06. The molecule has 5 nitrogen and oxygen atoms in total. The molecule has 1 unspecified atom stereocenters. The summed E-state index contributed by atoms with van der Waals surface area (Å²) in [5, 5.41) is 14.7. The summed E-state index contributed by atoms with van der Waals surface area (Å²) in [5.74, 6) is 2.74. The van der Waals surface area contributed by atoms with Gasteiger partial charge in [0.1, 0.15) is 0 Å². The predicted octanol–water partition coefficient (Wildman–Crippen LogP) is 1.78. The number of hydrogen-bond acceptors (Lipinski definition) is 4. The SMILES string of the molecule is O=C(O)CCCCCNC(=O)NCC1CSCCS1. The average molecular weight is 306 g/mol. The molecule has 0 aromatic carbocycles. The van der Waals surface area contributed by atoms with Crippen molar-refractivity contribution in [1.29, 1.82) is 0 Å². The van der Waals surface area contributed by atoms with Crippen LogP contribution >= 0.6 is 23.5 Å². The van der Waals surface area contributed by atoms with Gasteiger partial charge in [-0.1, -0.05) is 6.42 Å². The van der Waals surface area contributed by atoms with Crippen LogP contribution in [0.25, 0.3) is 0 Å². The molecule has 1 aliphatic rings. The van der Waals surface area contributed by atoms with E-state index in [-0.39, 0.29) is 12.5 Å². The first-order chi connectivity index (χ1) is 9.18. The quantitative estimate of drug-likeness (QED) is 0.596. The van der Waals surface area contributed by atoms with Gasteiger partial charge in [-0.2, -0.15) is 23.5 Å². The maximum Gasteiger partial charge on any atom is 0.314 e. The molecule has 1 rings (SSSR count). The summed E-state index contributed by atoms with van der Waals surface area (Å²) in [6.07, 6.45) is 2.55. The molecular formula is C12H22N2O3S2. The lowest BCUT2D eigenvalue weighted by atomic mass is 10.2. The van der Waals surface area contributed by atoms with Crippen molar-refractivity contribution in [3.8, 4) is 0 Å². The van der Waals surface area contributed by atoms with Crippen LogP contribution in [0.1, 0.15) is 25.7 Å². The van der Waals surface area contributed by atoms with Crippen LogP contribution in [0, 0.1) is 0 Å². The van der Waals surface area contributed by atoms with Crippen LogP contribution in [0.3, 0.4) is 0 Å². The third kappa shape index (κ3) is 9.04. The summed E-state index contributed by atoms with van der Waals surface area (Å²) in [5.41, 5.74) is 0. The lowest BCUT2D eigenvalue weighted by Crippen LogP contribution is -2.40. The molecule has 0 aromatic heterocycles. The summed E-state index contributed by atoms with van der Waals surface area (Å²) in [6.45, 7) is 1.33. The number of rotatable bonds is 8. The highest BCUT2D eigenvalue weighted by Crippen LogP contribution is 2.23. The van der Waals surface area contributed by atoms with E-state index < -0.39 is 5.97 Å². The van der Waals surface area contributed by atoms with Crippen molar-refractivity contribution in [2.75, 3.05) is 30.3 Å². The molecule has 1 saturated heterocycles. The highest BCUT2D eigenvalue weighted by atomic mass is 32.2. The van der Waals surface area contributed by atoms with Gasteiger partial charge in [0.2, 0.25) is 0 Å². The van der Waals surface area contributed by atoms with Gasteiger partial charge in [0, 0.05) is 42.0 Å². The minimum Gasteiger partial charge on any atom is -0.481 e. The van der Waals surface area contributed by atoms with Crippen LogP contribution in [0.4, 0.5) is 4.79 Å². The molecule has 0 aromatic rings. The molecule has 3 N–H and O–H groups in total. The first-order valence-corrected chi connectivity index (χ1v) is 8.81. The molecular weight excluding hydrogens is 284 g/mol. The fourth-order valence-corrected chi connectivity index (χ4v) is 4.32. The summed E-state index contributed by atoms with van der Waals surface area (Å²) in [4.78, 5) is 21.8. The number of urea groups is 1. The zero-order valence-corrected chi connectivity index (χ0v) is 12.7. The third-order valence-corrected chi connectivity index (χ3v) is 5.57. The zero-order chi connectivity index (χ0) is 13.9. The zero-order valence-electron chi connectivity index (χ0n) is 11.0. The summed E-state index contributed by atoms with van der Waals surface area (Å²) in [7, 11) is 0. The number of carboxylic acid groups (broad SMARTS) is 1. The molecule has 1 fully saturated rings. The molecule has 1 atom stereocenters. The van der Waals surface area contributed by atoms with E-state index >= 15 is 0 Å². The first-order valence-electron chi connectivity index (χ1n) is 6.61. The van der Waals surface area contributed by atoms with Gasteiger partial charge in [0.15, 0.2) is 0 Å². The molecule has 1 heterocycles. The Kier molecular flexibility index (Phi) is 8.90. The Hall–Kier alpha value is -0.560. The van der Waals surface area contributed by atoms with E-state index in [4.69, 9.17) is 5.11 Å². The predicted molar refractivity (Wildman–Crippen MR) is 81.1 cm³/mol. The van der Waals surface area contributed by atoms with E-state index in [9.17, 15) is 9.59 Å². The van der Waals surface area contributed by atoms with Gasteiger partial charge in [-0.05, 0) is 12.8 Å². The second-order valence-electron chi connectivity index (χ2n) is 4.41. The van der Waals surface area contributed by atoms with Gasteiger partial charge in [-0.3, -0.25) is 4.79 Å². The molecule has 1 aliphatic heterocycles. The number of unbranched alkanes of at least 4 members (excludes halogenated alkanes) is 2. The van der Waals surface area contributed by atoms with E-state index in [1.807, 2.05) is 23.5 Å². The molecule has 0 bridgehead atoms. The molecule has 19 heavy (non-hydrogen) atoms. The minimum absolute atomic E-state index is 0.116. The van der Waals surface area contributed by atoms with Crippen molar-refractivity contribution in [3.63, 3.8) is 0 Å². The smallest absolute Gasteiger partial charge is 0.314 e. The van der Waals surface area contributed by atoms with Gasteiger partial charge < -0.3 is 15.7 Å². The monoisotopic (exact) mass is 306 g/mol. The summed E-state index contributed by atoms with van der Waals surface area (Å²) >= 11 is 3.87. The number of aliphatic carboxylic acids is 1. The van der Waals surface area contributed by atoms with E-state index in [1.165, 1.54) is 11.5 Å². The Morgan fingerprint density at radius 1 is 1.16 bits per heavy atom. The van der Waals surface area contributed by atoms with Gasteiger partial charge in [-0.15, -0.1) is 0 Å². The maximum absolute atomic E-state index is 11.5. The normalized spacial score (nSPS) is 18.8. The lowest BCUT2D eigenvalue weighted by molar-refractivity contribution is -0.137. The van der Waals surface area contributed by atoms with E-state index in [0.29, 0.717) is 18.2 Å². The standard InChI is InChI=1S/C12H22N2O3S2/c15-11(16)4-2-1-3-5-13-12(17)14-8-10-9-18-6-7-19-10/h10H,1-9H2,(H,15,16)(H2,13,14,17). The highest BCUT2D eigenvalue weighted by Gasteiger charge is 2.14. The van der Waals surface area contributed by atoms with Gasteiger partial charge in [0.25, 0.3) is 0 Å². The minimum atomic E-state index is -0.756. The maximum atomic E-state index is 11.5. The number of carbonyl (C=O) groups excluding carboxylic acids is 1. The number of carboxylic acids is 1. The number of carbonyl (C=O) groups is 2. The number of hydrogen-bond donors (Lipinski definition) is 3. The second kappa shape index (κ2) is 10.3.